The number of carbonyl (C=O) groups excluding carboxylic acids is 2. The van der Waals surface area contributed by atoms with Gasteiger partial charge < -0.3 is 4.74 Å². The van der Waals surface area contributed by atoms with E-state index in [1.165, 1.54) is 6.92 Å². The van der Waals surface area contributed by atoms with Crippen molar-refractivity contribution in [3.05, 3.63) is 75.5 Å². The van der Waals surface area contributed by atoms with Crippen molar-refractivity contribution in [1.82, 2.24) is 4.57 Å². The fourth-order valence-electron chi connectivity index (χ4n) is 3.06. The van der Waals surface area contributed by atoms with E-state index in [1.54, 1.807) is 16.8 Å². The Morgan fingerprint density at radius 3 is 2.78 bits per heavy atom. The Labute approximate surface area is 164 Å². The van der Waals surface area contributed by atoms with Gasteiger partial charge in [-0.2, -0.15) is 0 Å². The number of hydrogen-bond donors (Lipinski definition) is 0. The minimum Gasteiger partial charge on any atom is -0.402 e. The number of aryl methyl sites for hydroxylation is 1. The molecule has 0 saturated heterocycles. The van der Waals surface area contributed by atoms with Gasteiger partial charge >= 0.3 is 5.97 Å². The Morgan fingerprint density at radius 1 is 1.22 bits per heavy atom. The summed E-state index contributed by atoms with van der Waals surface area (Å²) < 4.78 is 7.78. The third-order valence-corrected chi connectivity index (χ3v) is 4.81. The average Bonchev–Trinajstić information content (AvgIpc) is 3.16. The molecular formula is C21H15BrN2O3. The highest BCUT2D eigenvalue weighted by Gasteiger charge is 2.25. The number of fused-ring (bicyclic) bond motifs is 1. The van der Waals surface area contributed by atoms with Gasteiger partial charge in [-0.3, -0.25) is 9.36 Å². The predicted molar refractivity (Wildman–Crippen MR) is 108 cm³/mol. The molecule has 1 aliphatic heterocycles. The number of hydrogen-bond acceptors (Lipinski definition) is 4. The summed E-state index contributed by atoms with van der Waals surface area (Å²) in [4.78, 5) is 28.6. The monoisotopic (exact) mass is 422 g/mol. The van der Waals surface area contributed by atoms with Crippen molar-refractivity contribution in [2.75, 3.05) is 0 Å². The van der Waals surface area contributed by atoms with Crippen molar-refractivity contribution in [3.8, 4) is 0 Å². The van der Waals surface area contributed by atoms with Gasteiger partial charge in [0.2, 0.25) is 11.8 Å². The van der Waals surface area contributed by atoms with Crippen molar-refractivity contribution < 1.29 is 14.3 Å². The van der Waals surface area contributed by atoms with Crippen LogP contribution in [0.15, 0.2) is 63.8 Å². The fourth-order valence-corrected chi connectivity index (χ4v) is 3.42. The van der Waals surface area contributed by atoms with Crippen molar-refractivity contribution in [3.63, 3.8) is 0 Å². The Bertz CT molecular complexity index is 1170. The number of aromatic nitrogens is 1. The van der Waals surface area contributed by atoms with Crippen LogP contribution in [-0.2, 0) is 9.53 Å². The lowest BCUT2D eigenvalue weighted by molar-refractivity contribution is -0.129. The normalized spacial score (nSPS) is 15.3. The maximum Gasteiger partial charge on any atom is 0.363 e. The van der Waals surface area contributed by atoms with Crippen LogP contribution < -0.4 is 0 Å². The first-order valence-electron chi connectivity index (χ1n) is 8.33. The van der Waals surface area contributed by atoms with E-state index in [1.807, 2.05) is 49.4 Å². The molecule has 1 aliphatic rings. The molecule has 0 atom stereocenters. The number of carbonyl (C=O) groups is 2. The summed E-state index contributed by atoms with van der Waals surface area (Å²) in [5.41, 5.74) is 3.50. The predicted octanol–water partition coefficient (Wildman–Crippen LogP) is 4.72. The molecule has 5 nitrogen and oxygen atoms in total. The molecule has 4 rings (SSSR count). The number of rotatable bonds is 2. The Morgan fingerprint density at radius 2 is 2.04 bits per heavy atom. The molecule has 134 valence electrons. The second-order valence-corrected chi connectivity index (χ2v) is 7.26. The highest BCUT2D eigenvalue weighted by molar-refractivity contribution is 9.10. The second-order valence-electron chi connectivity index (χ2n) is 6.34. The number of halogens is 1. The second kappa shape index (κ2) is 6.63. The largest absolute Gasteiger partial charge is 0.402 e. The lowest BCUT2D eigenvalue weighted by Crippen LogP contribution is -2.05. The van der Waals surface area contributed by atoms with Crippen LogP contribution in [0.25, 0.3) is 17.0 Å². The molecule has 0 saturated carbocycles. The number of aliphatic imine (C=N–C) groups is 1. The van der Waals surface area contributed by atoms with E-state index in [4.69, 9.17) is 4.74 Å². The van der Waals surface area contributed by atoms with E-state index >= 15 is 0 Å². The van der Waals surface area contributed by atoms with Gasteiger partial charge in [0.25, 0.3) is 0 Å². The van der Waals surface area contributed by atoms with Crippen LogP contribution in [-0.4, -0.2) is 22.3 Å². The molecule has 0 spiro atoms. The van der Waals surface area contributed by atoms with Crippen LogP contribution in [0.2, 0.25) is 0 Å². The number of nitrogens with zero attached hydrogens (tertiary/aromatic N) is 2. The molecule has 27 heavy (non-hydrogen) atoms. The molecule has 0 N–H and O–H groups in total. The zero-order valence-corrected chi connectivity index (χ0v) is 16.3. The Kier molecular flexibility index (Phi) is 4.28. The summed E-state index contributed by atoms with van der Waals surface area (Å²) in [6.07, 6.45) is 3.36. The van der Waals surface area contributed by atoms with Crippen LogP contribution in [0.5, 0.6) is 0 Å². The molecule has 2 aromatic carbocycles. The molecule has 1 aromatic heterocycles. The summed E-state index contributed by atoms with van der Waals surface area (Å²) in [7, 11) is 0. The van der Waals surface area contributed by atoms with Gasteiger partial charge in [0.1, 0.15) is 0 Å². The first kappa shape index (κ1) is 17.4. The highest BCUT2D eigenvalue weighted by atomic mass is 79.9. The first-order valence-corrected chi connectivity index (χ1v) is 9.13. The van der Waals surface area contributed by atoms with Gasteiger partial charge in [-0.1, -0.05) is 33.6 Å². The van der Waals surface area contributed by atoms with Gasteiger partial charge in [-0.15, -0.1) is 0 Å². The van der Waals surface area contributed by atoms with Crippen LogP contribution >= 0.6 is 15.9 Å². The molecule has 0 radical (unpaired) electrons. The summed E-state index contributed by atoms with van der Waals surface area (Å²) in [6, 6.07) is 13.3. The Balaban J connectivity index is 1.83. The molecular weight excluding hydrogens is 408 g/mol. The maximum absolute atomic E-state index is 12.3. The average molecular weight is 423 g/mol. The summed E-state index contributed by atoms with van der Waals surface area (Å²) >= 11 is 3.45. The first-order chi connectivity index (χ1) is 12.9. The fraction of sp³-hybridized carbons (Fsp3) is 0.0952. The maximum atomic E-state index is 12.3. The molecule has 0 amide bonds. The van der Waals surface area contributed by atoms with Crippen molar-refractivity contribution in [2.24, 2.45) is 4.99 Å². The van der Waals surface area contributed by atoms with E-state index in [-0.39, 0.29) is 17.5 Å². The highest BCUT2D eigenvalue weighted by Crippen LogP contribution is 2.28. The van der Waals surface area contributed by atoms with Gasteiger partial charge in [0.15, 0.2) is 5.70 Å². The minimum absolute atomic E-state index is 0.107. The summed E-state index contributed by atoms with van der Waals surface area (Å²) in [5.74, 6) is -0.332. The van der Waals surface area contributed by atoms with Crippen molar-refractivity contribution in [1.29, 1.82) is 0 Å². The van der Waals surface area contributed by atoms with Crippen LogP contribution in [0.3, 0.4) is 0 Å². The minimum atomic E-state index is -0.509. The van der Waals surface area contributed by atoms with Gasteiger partial charge in [-0.05, 0) is 43.3 Å². The Hall–Kier alpha value is -2.99. The quantitative estimate of drug-likeness (QED) is 0.443. The van der Waals surface area contributed by atoms with E-state index in [2.05, 4.69) is 20.9 Å². The number of cyclic esters (lactones) is 1. The lowest BCUT2D eigenvalue weighted by Gasteiger charge is -1.99. The molecule has 0 aliphatic carbocycles. The smallest absolute Gasteiger partial charge is 0.363 e. The van der Waals surface area contributed by atoms with Gasteiger partial charge in [-0.25, -0.2) is 9.79 Å². The molecule has 2 heterocycles. The molecule has 3 aromatic rings. The van der Waals surface area contributed by atoms with Crippen LogP contribution in [0.1, 0.15) is 28.4 Å². The molecule has 0 unspecified atom stereocenters. The van der Waals surface area contributed by atoms with Crippen LogP contribution in [0.4, 0.5) is 0 Å². The number of benzene rings is 2. The zero-order valence-electron chi connectivity index (χ0n) is 14.7. The summed E-state index contributed by atoms with van der Waals surface area (Å²) in [6.45, 7) is 3.46. The van der Waals surface area contributed by atoms with Gasteiger partial charge in [0.05, 0.1) is 5.52 Å². The third-order valence-electron chi connectivity index (χ3n) is 4.31. The van der Waals surface area contributed by atoms with E-state index in [0.29, 0.717) is 0 Å². The van der Waals surface area contributed by atoms with E-state index < -0.39 is 5.97 Å². The number of ether oxygens (including phenoxy) is 1. The van der Waals surface area contributed by atoms with E-state index in [0.717, 1.165) is 32.1 Å². The molecule has 0 bridgehead atoms. The number of esters is 1. The lowest BCUT2D eigenvalue weighted by atomic mass is 10.1. The molecule has 0 fully saturated rings. The summed E-state index contributed by atoms with van der Waals surface area (Å²) in [5, 5.41) is 0.846. The van der Waals surface area contributed by atoms with Gasteiger partial charge in [0, 0.05) is 34.1 Å². The van der Waals surface area contributed by atoms with Crippen molar-refractivity contribution in [2.45, 2.75) is 13.8 Å². The molecule has 6 heteroatoms. The van der Waals surface area contributed by atoms with Crippen molar-refractivity contribution >= 4 is 50.7 Å². The van der Waals surface area contributed by atoms with E-state index in [9.17, 15) is 9.59 Å². The standard InChI is InChI=1S/C21H15BrN2O3/c1-12-4-3-5-14(8-12)20-23-18(21(26)27-20)9-15-11-24(13(2)25)19-7-6-16(22)10-17(15)19/h3-11H,1-2H3/b18-9+. The van der Waals surface area contributed by atoms with Crippen LogP contribution in [0, 0.1) is 6.92 Å². The SMILES string of the molecule is CC(=O)n1cc(/C=C2/N=C(c3cccc(C)c3)OC2=O)c2cc(Br)ccc21. The topological polar surface area (TPSA) is 60.7 Å². The third kappa shape index (κ3) is 3.24. The zero-order chi connectivity index (χ0) is 19.1.